The van der Waals surface area contributed by atoms with Crippen LogP contribution >= 0.6 is 6.89 Å². The zero-order chi connectivity index (χ0) is 18.1. The molecule has 0 aromatic carbocycles. The van der Waals surface area contributed by atoms with Crippen LogP contribution in [-0.2, 0) is 11.3 Å². The van der Waals surface area contributed by atoms with Gasteiger partial charge >= 0.3 is 5.69 Å². The van der Waals surface area contributed by atoms with Gasteiger partial charge in [-0.05, 0) is 25.9 Å². The first kappa shape index (κ1) is 18.9. The number of nitrogens with one attached hydrogen (secondary N) is 1. The molecule has 4 atom stereocenters. The molecule has 3 N–H and O–H groups in total. The van der Waals surface area contributed by atoms with Gasteiger partial charge in [0.15, 0.2) is 0 Å². The molecule has 1 saturated heterocycles. The number of hydrogen-bond donors (Lipinski definition) is 3. The Kier molecular flexibility index (Phi) is 5.71. The van der Waals surface area contributed by atoms with Gasteiger partial charge in [-0.15, -0.1) is 19.8 Å². The number of ether oxygens (including phenoxy) is 1. The van der Waals surface area contributed by atoms with Gasteiger partial charge in [0.25, 0.3) is 5.56 Å². The molecule has 0 bridgehead atoms. The molecule has 2 rings (SSSR count). The van der Waals surface area contributed by atoms with E-state index in [-0.39, 0.29) is 12.1 Å². The summed E-state index contributed by atoms with van der Waals surface area (Å²) in [6.07, 6.45) is 4.51. The van der Waals surface area contributed by atoms with Gasteiger partial charge in [-0.2, -0.15) is 0 Å². The molecule has 7 nitrogen and oxygen atoms in total. The van der Waals surface area contributed by atoms with E-state index in [9.17, 15) is 19.8 Å². The number of aliphatic hydroxyl groups is 2. The van der Waals surface area contributed by atoms with Crippen LogP contribution in [0.3, 0.4) is 0 Å². The third-order valence-electron chi connectivity index (χ3n) is 4.05. The van der Waals surface area contributed by atoms with E-state index in [2.05, 4.69) is 31.2 Å². The van der Waals surface area contributed by atoms with Crippen LogP contribution in [0.5, 0.6) is 0 Å². The molecule has 0 radical (unpaired) electrons. The van der Waals surface area contributed by atoms with Crippen LogP contribution in [0.15, 0.2) is 28.4 Å². The Balaban J connectivity index is 2.28. The van der Waals surface area contributed by atoms with Gasteiger partial charge in [0.2, 0.25) is 0 Å². The Morgan fingerprint density at radius 2 is 2.04 bits per heavy atom. The fourth-order valence-corrected chi connectivity index (χ4v) is 3.68. The maximum absolute atomic E-state index is 12.1. The topological polar surface area (TPSA) is 105 Å². The number of allylic oxidation sites excluding steroid dienone is 1. The zero-order valence-corrected chi connectivity index (χ0v) is 14.9. The van der Waals surface area contributed by atoms with Crippen LogP contribution in [0, 0.1) is 0 Å². The van der Waals surface area contributed by atoms with Gasteiger partial charge < -0.3 is 14.9 Å². The standard InChI is InChI=1S/C16H25N2O5P/c1-5-7-18-9-10(15(21)17-16(18)22)14-13(20)12(19)11(23-14)6-8-24(2,3)4/h5,9,11-14,19-20H,1-2,6-8H2,3-4H3,(H,17,21,22)/t11?,12-,13-,14?/m1/s1. The van der Waals surface area contributed by atoms with Crippen LogP contribution in [-0.4, -0.2) is 63.9 Å². The number of aliphatic hydroxyl groups excluding tert-OH is 2. The summed E-state index contributed by atoms with van der Waals surface area (Å²) in [5.74, 6) is 0. The zero-order valence-electron chi connectivity index (χ0n) is 14.0. The van der Waals surface area contributed by atoms with Crippen LogP contribution < -0.4 is 11.2 Å². The molecular weight excluding hydrogens is 331 g/mol. The predicted octanol–water partition coefficient (Wildman–Crippen LogP) is -0.0164. The Bertz CT molecular complexity index is 762. The molecule has 1 aliphatic heterocycles. The lowest BCUT2D eigenvalue weighted by Gasteiger charge is -2.18. The Morgan fingerprint density at radius 1 is 1.38 bits per heavy atom. The highest BCUT2D eigenvalue weighted by atomic mass is 31.2. The highest BCUT2D eigenvalue weighted by Gasteiger charge is 2.44. The molecule has 1 aliphatic rings. The number of aromatic nitrogens is 2. The lowest BCUT2D eigenvalue weighted by molar-refractivity contribution is 0.00496. The number of hydrogen-bond acceptors (Lipinski definition) is 5. The lowest BCUT2D eigenvalue weighted by atomic mass is 10.0. The fraction of sp³-hybridized carbons (Fsp3) is 0.562. The van der Waals surface area contributed by atoms with Gasteiger partial charge in [-0.25, -0.2) is 4.79 Å². The summed E-state index contributed by atoms with van der Waals surface area (Å²) in [5.41, 5.74) is -1.06. The molecule has 134 valence electrons. The van der Waals surface area contributed by atoms with Crippen molar-refractivity contribution in [3.05, 3.63) is 45.3 Å². The van der Waals surface area contributed by atoms with Crippen molar-refractivity contribution < 1.29 is 14.9 Å². The molecule has 1 aromatic heterocycles. The first-order valence-corrected chi connectivity index (χ1v) is 10.8. The van der Waals surface area contributed by atoms with Crippen molar-refractivity contribution in [1.29, 1.82) is 0 Å². The maximum atomic E-state index is 12.1. The predicted molar refractivity (Wildman–Crippen MR) is 96.5 cm³/mol. The molecule has 1 fully saturated rings. The number of nitrogens with zero attached hydrogens (tertiary/aromatic N) is 1. The van der Waals surface area contributed by atoms with E-state index in [4.69, 9.17) is 4.74 Å². The minimum absolute atomic E-state index is 0.120. The van der Waals surface area contributed by atoms with E-state index < -0.39 is 42.6 Å². The fourth-order valence-electron chi connectivity index (χ4n) is 2.72. The molecule has 0 spiro atoms. The Labute approximate surface area is 140 Å². The van der Waals surface area contributed by atoms with Crippen LogP contribution in [0.4, 0.5) is 0 Å². The van der Waals surface area contributed by atoms with Gasteiger partial charge in [0.1, 0.15) is 18.3 Å². The molecule has 0 amide bonds. The van der Waals surface area contributed by atoms with Crippen molar-refractivity contribution in [2.24, 2.45) is 0 Å². The summed E-state index contributed by atoms with van der Waals surface area (Å²) in [4.78, 5) is 26.0. The Morgan fingerprint density at radius 3 is 2.62 bits per heavy atom. The van der Waals surface area contributed by atoms with E-state index in [0.29, 0.717) is 6.42 Å². The highest BCUT2D eigenvalue weighted by molar-refractivity contribution is 7.72. The van der Waals surface area contributed by atoms with Crippen molar-refractivity contribution in [3.63, 3.8) is 0 Å². The SMILES string of the molecule is C=CCn1cc(C2OC(CCP(=C)(C)C)[C@@H](O)[C@H]2O)c(=O)[nH]c1=O. The smallest absolute Gasteiger partial charge is 0.328 e. The second kappa shape index (κ2) is 7.23. The van der Waals surface area contributed by atoms with Crippen molar-refractivity contribution in [3.8, 4) is 0 Å². The minimum Gasteiger partial charge on any atom is -0.388 e. The first-order chi connectivity index (χ1) is 11.1. The molecule has 0 saturated carbocycles. The molecule has 24 heavy (non-hydrogen) atoms. The quantitative estimate of drug-likeness (QED) is 0.491. The van der Waals surface area contributed by atoms with Gasteiger partial charge in [0, 0.05) is 12.7 Å². The highest BCUT2D eigenvalue weighted by Crippen LogP contribution is 2.40. The van der Waals surface area contributed by atoms with Crippen molar-refractivity contribution in [2.75, 3.05) is 19.5 Å². The average Bonchev–Trinajstić information content (AvgIpc) is 2.75. The van der Waals surface area contributed by atoms with E-state index in [1.54, 1.807) is 0 Å². The van der Waals surface area contributed by atoms with Gasteiger partial charge in [0.05, 0.1) is 11.7 Å². The largest absolute Gasteiger partial charge is 0.388 e. The molecule has 2 unspecified atom stereocenters. The number of aromatic amines is 1. The first-order valence-electron chi connectivity index (χ1n) is 7.77. The number of H-pyrrole nitrogens is 1. The third-order valence-corrected chi connectivity index (χ3v) is 5.52. The second-order valence-electron chi connectivity index (χ2n) is 6.81. The second-order valence-corrected chi connectivity index (χ2v) is 11.1. The van der Waals surface area contributed by atoms with E-state index in [1.807, 2.05) is 0 Å². The molecule has 8 heteroatoms. The summed E-state index contributed by atoms with van der Waals surface area (Å²) in [7, 11) is 0. The molecule has 0 aliphatic carbocycles. The maximum Gasteiger partial charge on any atom is 0.328 e. The number of rotatable bonds is 6. The summed E-state index contributed by atoms with van der Waals surface area (Å²) in [6, 6.07) is 0. The van der Waals surface area contributed by atoms with Crippen molar-refractivity contribution >= 4 is 13.2 Å². The molecular formula is C16H25N2O5P. The third kappa shape index (κ3) is 4.16. The van der Waals surface area contributed by atoms with Crippen LogP contribution in [0.2, 0.25) is 0 Å². The summed E-state index contributed by atoms with van der Waals surface area (Å²) in [6.45, 7) is 6.65. The normalized spacial score (nSPS) is 27.3. The summed E-state index contributed by atoms with van der Waals surface area (Å²) < 4.78 is 7.02. The van der Waals surface area contributed by atoms with Gasteiger partial charge in [-0.1, -0.05) is 6.08 Å². The Hall–Kier alpha value is -1.40. The van der Waals surface area contributed by atoms with E-state index in [0.717, 1.165) is 6.16 Å². The molecule has 1 aromatic rings. The van der Waals surface area contributed by atoms with E-state index in [1.165, 1.54) is 16.8 Å². The summed E-state index contributed by atoms with van der Waals surface area (Å²) in [5, 5.41) is 20.5. The van der Waals surface area contributed by atoms with Crippen molar-refractivity contribution in [1.82, 2.24) is 9.55 Å². The van der Waals surface area contributed by atoms with E-state index >= 15 is 0 Å². The van der Waals surface area contributed by atoms with Crippen LogP contribution in [0.1, 0.15) is 18.1 Å². The monoisotopic (exact) mass is 356 g/mol. The summed E-state index contributed by atoms with van der Waals surface area (Å²) >= 11 is 0. The lowest BCUT2D eigenvalue weighted by Crippen LogP contribution is -2.35. The van der Waals surface area contributed by atoms with Gasteiger partial charge in [-0.3, -0.25) is 14.3 Å². The van der Waals surface area contributed by atoms with Crippen molar-refractivity contribution in [2.45, 2.75) is 37.4 Å². The molecule has 2 heterocycles. The minimum atomic E-state index is -1.29. The average molecular weight is 356 g/mol. The van der Waals surface area contributed by atoms with Crippen LogP contribution in [0.25, 0.3) is 0 Å².